The Balaban J connectivity index is 2.28. The van der Waals surface area contributed by atoms with Crippen LogP contribution in [0.3, 0.4) is 0 Å². The van der Waals surface area contributed by atoms with Crippen molar-refractivity contribution in [1.29, 1.82) is 0 Å². The molecule has 0 radical (unpaired) electrons. The lowest BCUT2D eigenvalue weighted by atomic mass is 10.5. The van der Waals surface area contributed by atoms with Gasteiger partial charge in [0.2, 0.25) is 0 Å². The number of hydrogen-bond donors (Lipinski definition) is 0. The maximum absolute atomic E-state index is 4.83. The first-order valence-corrected chi connectivity index (χ1v) is 1.96. The van der Waals surface area contributed by atoms with Gasteiger partial charge in [0.05, 0.1) is 0 Å². The SMILES string of the molecule is COC1(C)CO1. The van der Waals surface area contributed by atoms with E-state index in [4.69, 9.17) is 9.47 Å². The highest BCUT2D eigenvalue weighted by molar-refractivity contribution is 4.73. The molecule has 1 heterocycles. The molecule has 2 nitrogen and oxygen atoms in total. The van der Waals surface area contributed by atoms with Crippen LogP contribution < -0.4 is 0 Å². The van der Waals surface area contributed by atoms with Gasteiger partial charge in [0.1, 0.15) is 6.61 Å². The van der Waals surface area contributed by atoms with Crippen LogP contribution in [0.25, 0.3) is 0 Å². The second-order valence-electron chi connectivity index (χ2n) is 1.63. The number of methoxy groups -OCH3 is 1. The summed E-state index contributed by atoms with van der Waals surface area (Å²) in [5.41, 5.74) is 0. The van der Waals surface area contributed by atoms with Gasteiger partial charge in [-0.2, -0.15) is 0 Å². The standard InChI is InChI=1S/C4H8O2/c1-4(5-2)3-6-4/h3H2,1-2H3. The zero-order chi connectivity index (χ0) is 4.62. The number of rotatable bonds is 1. The average molecular weight is 88.1 g/mol. The van der Waals surface area contributed by atoms with Gasteiger partial charge in [0.15, 0.2) is 5.79 Å². The largest absolute Gasteiger partial charge is 0.351 e. The Kier molecular flexibility index (Phi) is 0.648. The quantitative estimate of drug-likeness (QED) is 0.432. The lowest BCUT2D eigenvalue weighted by Crippen LogP contribution is -2.05. The van der Waals surface area contributed by atoms with Gasteiger partial charge in [-0.25, -0.2) is 0 Å². The molecule has 1 aliphatic heterocycles. The van der Waals surface area contributed by atoms with Crippen LogP contribution in [0, 0.1) is 0 Å². The minimum absolute atomic E-state index is 0.208. The van der Waals surface area contributed by atoms with E-state index in [1.54, 1.807) is 7.11 Å². The highest BCUT2D eigenvalue weighted by atomic mass is 16.8. The highest BCUT2D eigenvalue weighted by Crippen LogP contribution is 2.25. The van der Waals surface area contributed by atoms with Gasteiger partial charge in [-0.1, -0.05) is 0 Å². The Bertz CT molecular complexity index is 56.6. The van der Waals surface area contributed by atoms with Crippen molar-refractivity contribution < 1.29 is 9.47 Å². The van der Waals surface area contributed by atoms with E-state index in [1.165, 1.54) is 0 Å². The molecule has 1 saturated heterocycles. The van der Waals surface area contributed by atoms with Crippen LogP contribution >= 0.6 is 0 Å². The molecule has 1 unspecified atom stereocenters. The van der Waals surface area contributed by atoms with Crippen LogP contribution in [0.4, 0.5) is 0 Å². The minimum atomic E-state index is -0.208. The monoisotopic (exact) mass is 88.1 g/mol. The van der Waals surface area contributed by atoms with Crippen LogP contribution in [-0.4, -0.2) is 19.5 Å². The smallest absolute Gasteiger partial charge is 0.188 e. The fourth-order valence-corrected chi connectivity index (χ4v) is 0.219. The lowest BCUT2D eigenvalue weighted by Gasteiger charge is -1.95. The summed E-state index contributed by atoms with van der Waals surface area (Å²) in [6.45, 7) is 2.66. The molecule has 0 amide bonds. The predicted molar refractivity (Wildman–Crippen MR) is 21.4 cm³/mol. The molecule has 0 spiro atoms. The first kappa shape index (κ1) is 4.09. The van der Waals surface area contributed by atoms with E-state index in [1.807, 2.05) is 6.92 Å². The van der Waals surface area contributed by atoms with E-state index in [2.05, 4.69) is 0 Å². The Hall–Kier alpha value is -0.0800. The van der Waals surface area contributed by atoms with Gasteiger partial charge in [0.25, 0.3) is 0 Å². The Morgan fingerprint density at radius 2 is 2.33 bits per heavy atom. The van der Waals surface area contributed by atoms with E-state index in [0.717, 1.165) is 6.61 Å². The Morgan fingerprint density at radius 3 is 2.33 bits per heavy atom. The fourth-order valence-electron chi connectivity index (χ4n) is 0.219. The molecular weight excluding hydrogens is 80.0 g/mol. The predicted octanol–water partition coefficient (Wildman–Crippen LogP) is 0.379. The summed E-state index contributed by atoms with van der Waals surface area (Å²) < 4.78 is 9.65. The second kappa shape index (κ2) is 0.950. The molecule has 1 fully saturated rings. The molecule has 1 aliphatic rings. The minimum Gasteiger partial charge on any atom is -0.351 e. The third kappa shape index (κ3) is 0.533. The lowest BCUT2D eigenvalue weighted by molar-refractivity contribution is 0.00606. The molecule has 2 heteroatoms. The van der Waals surface area contributed by atoms with Crippen LogP contribution in [0.1, 0.15) is 6.92 Å². The van der Waals surface area contributed by atoms with Crippen LogP contribution in [0.15, 0.2) is 0 Å². The molecular formula is C4H8O2. The summed E-state index contributed by atoms with van der Waals surface area (Å²) >= 11 is 0. The first-order valence-electron chi connectivity index (χ1n) is 1.96. The Labute approximate surface area is 37.1 Å². The summed E-state index contributed by atoms with van der Waals surface area (Å²) in [6.07, 6.45) is 0. The molecule has 0 saturated carbocycles. The zero-order valence-electron chi connectivity index (χ0n) is 4.02. The summed E-state index contributed by atoms with van der Waals surface area (Å²) in [4.78, 5) is 0. The molecule has 0 aliphatic carbocycles. The maximum atomic E-state index is 4.83. The fraction of sp³-hybridized carbons (Fsp3) is 1.00. The van der Waals surface area contributed by atoms with Crippen molar-refractivity contribution in [1.82, 2.24) is 0 Å². The first-order chi connectivity index (χ1) is 2.77. The van der Waals surface area contributed by atoms with Crippen molar-refractivity contribution in [3.63, 3.8) is 0 Å². The van der Waals surface area contributed by atoms with Crippen molar-refractivity contribution in [3.8, 4) is 0 Å². The van der Waals surface area contributed by atoms with Crippen molar-refractivity contribution in [2.75, 3.05) is 13.7 Å². The van der Waals surface area contributed by atoms with E-state index < -0.39 is 0 Å². The maximum Gasteiger partial charge on any atom is 0.188 e. The summed E-state index contributed by atoms with van der Waals surface area (Å²) in [5.74, 6) is -0.208. The summed E-state index contributed by atoms with van der Waals surface area (Å²) in [7, 11) is 1.65. The van der Waals surface area contributed by atoms with E-state index in [0.29, 0.717) is 0 Å². The zero-order valence-corrected chi connectivity index (χ0v) is 4.02. The number of ether oxygens (including phenoxy) is 2. The second-order valence-corrected chi connectivity index (χ2v) is 1.63. The van der Waals surface area contributed by atoms with Gasteiger partial charge in [-0.15, -0.1) is 0 Å². The molecule has 1 rings (SSSR count). The molecule has 0 aromatic carbocycles. The molecule has 36 valence electrons. The van der Waals surface area contributed by atoms with Crippen molar-refractivity contribution in [2.45, 2.75) is 12.7 Å². The summed E-state index contributed by atoms with van der Waals surface area (Å²) in [6, 6.07) is 0. The Morgan fingerprint density at radius 1 is 1.83 bits per heavy atom. The van der Waals surface area contributed by atoms with E-state index >= 15 is 0 Å². The normalized spacial score (nSPS) is 43.0. The molecule has 0 N–H and O–H groups in total. The number of hydrogen-bond acceptors (Lipinski definition) is 2. The topological polar surface area (TPSA) is 21.8 Å². The third-order valence-electron chi connectivity index (χ3n) is 0.983. The van der Waals surface area contributed by atoms with Gasteiger partial charge in [-0.05, 0) is 6.92 Å². The van der Waals surface area contributed by atoms with Gasteiger partial charge >= 0.3 is 0 Å². The number of epoxide rings is 1. The van der Waals surface area contributed by atoms with Gasteiger partial charge < -0.3 is 9.47 Å². The molecule has 6 heavy (non-hydrogen) atoms. The van der Waals surface area contributed by atoms with Crippen molar-refractivity contribution in [3.05, 3.63) is 0 Å². The average Bonchev–Trinajstić information content (AvgIpc) is 2.22. The van der Waals surface area contributed by atoms with Gasteiger partial charge in [0, 0.05) is 7.11 Å². The molecule has 1 atom stereocenters. The van der Waals surface area contributed by atoms with Crippen LogP contribution in [0.5, 0.6) is 0 Å². The van der Waals surface area contributed by atoms with Crippen LogP contribution in [0.2, 0.25) is 0 Å². The highest BCUT2D eigenvalue weighted by Gasteiger charge is 2.39. The van der Waals surface area contributed by atoms with Gasteiger partial charge in [-0.3, -0.25) is 0 Å². The van der Waals surface area contributed by atoms with Crippen molar-refractivity contribution in [2.24, 2.45) is 0 Å². The van der Waals surface area contributed by atoms with Crippen molar-refractivity contribution >= 4 is 0 Å². The van der Waals surface area contributed by atoms with Crippen LogP contribution in [-0.2, 0) is 9.47 Å². The molecule has 0 bridgehead atoms. The molecule has 0 aromatic heterocycles. The third-order valence-corrected chi connectivity index (χ3v) is 0.983. The molecule has 0 aromatic rings. The van der Waals surface area contributed by atoms with E-state index in [-0.39, 0.29) is 5.79 Å². The van der Waals surface area contributed by atoms with E-state index in [9.17, 15) is 0 Å². The summed E-state index contributed by atoms with van der Waals surface area (Å²) in [5, 5.41) is 0.